The van der Waals surface area contributed by atoms with Gasteiger partial charge in [0.1, 0.15) is 5.75 Å². The maximum atomic E-state index is 12.3. The Morgan fingerprint density at radius 2 is 1.82 bits per heavy atom. The van der Waals surface area contributed by atoms with Crippen molar-refractivity contribution in [1.82, 2.24) is 15.5 Å². The minimum absolute atomic E-state index is 0. The molecule has 1 saturated heterocycles. The van der Waals surface area contributed by atoms with Crippen LogP contribution in [0.5, 0.6) is 5.75 Å². The number of benzene rings is 1. The second-order valence-electron chi connectivity index (χ2n) is 6.08. The monoisotopic (exact) mass is 435 g/mol. The molecular weight excluding hydrogens is 415 g/mol. The molecule has 1 aliphatic heterocycles. The van der Waals surface area contributed by atoms with Crippen molar-refractivity contribution >= 4 is 29.7 Å². The Balaban J connectivity index is 0.00000280. The predicted octanol–water partition coefficient (Wildman–Crippen LogP) is 3.37. The van der Waals surface area contributed by atoms with Crippen molar-refractivity contribution in [3.63, 3.8) is 0 Å². The van der Waals surface area contributed by atoms with Crippen molar-refractivity contribution in [2.24, 2.45) is 0 Å². The number of carbonyl (C=O) groups is 1. The van der Waals surface area contributed by atoms with E-state index in [1.807, 2.05) is 0 Å². The number of rotatable bonds is 6. The van der Waals surface area contributed by atoms with Gasteiger partial charge in [0.15, 0.2) is 0 Å². The molecule has 28 heavy (non-hydrogen) atoms. The molecule has 0 atom stereocenters. The van der Waals surface area contributed by atoms with Gasteiger partial charge in [-0.05, 0) is 42.0 Å². The zero-order valence-corrected chi connectivity index (χ0v) is 16.6. The van der Waals surface area contributed by atoms with Crippen LogP contribution in [0, 0.1) is 0 Å². The number of thiophene rings is 1. The third kappa shape index (κ3) is 6.66. The lowest BCUT2D eigenvalue weighted by Gasteiger charge is -2.26. The predicted molar refractivity (Wildman–Crippen MR) is 105 cm³/mol. The summed E-state index contributed by atoms with van der Waals surface area (Å²) in [5.74, 6) is -0.410. The second kappa shape index (κ2) is 10.1. The fraction of sp³-hybridized carbons (Fsp3) is 0.389. The van der Waals surface area contributed by atoms with Crippen molar-refractivity contribution in [2.45, 2.75) is 6.36 Å². The molecular formula is C18H21ClF3N3O2S. The van der Waals surface area contributed by atoms with Gasteiger partial charge in [-0.25, -0.2) is 0 Å². The average molecular weight is 436 g/mol. The van der Waals surface area contributed by atoms with Gasteiger partial charge in [0.2, 0.25) is 0 Å². The standard InChI is InChI=1S/C18H20F3N3O2S.ClH/c19-18(20,21)26-14-3-1-13(2-4-14)15-5-6-16(27-15)17(25)23-9-12-24-10-7-22-8-11-24;/h1-6,22H,7-12H2,(H,23,25);1H. The number of amides is 1. The summed E-state index contributed by atoms with van der Waals surface area (Å²) in [6.07, 6.45) is -4.71. The second-order valence-corrected chi connectivity index (χ2v) is 7.17. The van der Waals surface area contributed by atoms with E-state index in [0.717, 1.165) is 43.2 Å². The van der Waals surface area contributed by atoms with E-state index in [-0.39, 0.29) is 24.1 Å². The van der Waals surface area contributed by atoms with Gasteiger partial charge >= 0.3 is 6.36 Å². The lowest BCUT2D eigenvalue weighted by atomic mass is 10.2. The van der Waals surface area contributed by atoms with Crippen molar-refractivity contribution in [3.05, 3.63) is 41.3 Å². The van der Waals surface area contributed by atoms with Gasteiger partial charge in [-0.1, -0.05) is 0 Å². The minimum Gasteiger partial charge on any atom is -0.406 e. The highest BCUT2D eigenvalue weighted by molar-refractivity contribution is 7.17. The van der Waals surface area contributed by atoms with E-state index in [4.69, 9.17) is 0 Å². The van der Waals surface area contributed by atoms with Crippen molar-refractivity contribution in [2.75, 3.05) is 39.3 Å². The van der Waals surface area contributed by atoms with E-state index >= 15 is 0 Å². The van der Waals surface area contributed by atoms with E-state index in [1.165, 1.54) is 23.5 Å². The van der Waals surface area contributed by atoms with Gasteiger partial charge in [0, 0.05) is 44.1 Å². The van der Waals surface area contributed by atoms with Gasteiger partial charge in [0.05, 0.1) is 4.88 Å². The van der Waals surface area contributed by atoms with Crippen LogP contribution in [-0.4, -0.2) is 56.4 Å². The molecule has 3 rings (SSSR count). The van der Waals surface area contributed by atoms with E-state index in [9.17, 15) is 18.0 Å². The van der Waals surface area contributed by atoms with Crippen LogP contribution in [0.1, 0.15) is 9.67 Å². The number of hydrogen-bond acceptors (Lipinski definition) is 5. The maximum absolute atomic E-state index is 12.3. The van der Waals surface area contributed by atoms with Gasteiger partial charge in [-0.15, -0.1) is 36.9 Å². The summed E-state index contributed by atoms with van der Waals surface area (Å²) < 4.78 is 40.5. The summed E-state index contributed by atoms with van der Waals surface area (Å²) in [5.41, 5.74) is 0.731. The van der Waals surface area contributed by atoms with Crippen LogP contribution >= 0.6 is 23.7 Å². The molecule has 0 spiro atoms. The van der Waals surface area contributed by atoms with Crippen LogP contribution in [-0.2, 0) is 0 Å². The molecule has 2 aromatic rings. The summed E-state index contributed by atoms with van der Waals surface area (Å²) in [7, 11) is 0. The highest BCUT2D eigenvalue weighted by atomic mass is 35.5. The van der Waals surface area contributed by atoms with Gasteiger partial charge < -0.3 is 15.4 Å². The third-order valence-corrected chi connectivity index (χ3v) is 5.26. The number of ether oxygens (including phenoxy) is 1. The van der Waals surface area contributed by atoms with Crippen LogP contribution in [0.2, 0.25) is 0 Å². The number of halogens is 4. The van der Waals surface area contributed by atoms with Gasteiger partial charge in [-0.3, -0.25) is 9.69 Å². The Hall–Kier alpha value is -1.81. The molecule has 0 bridgehead atoms. The third-order valence-electron chi connectivity index (χ3n) is 4.13. The van der Waals surface area contributed by atoms with Crippen LogP contribution < -0.4 is 15.4 Å². The first-order chi connectivity index (χ1) is 12.9. The van der Waals surface area contributed by atoms with Crippen LogP contribution in [0.15, 0.2) is 36.4 Å². The molecule has 1 aromatic carbocycles. The molecule has 10 heteroatoms. The van der Waals surface area contributed by atoms with Crippen molar-refractivity contribution in [3.8, 4) is 16.2 Å². The summed E-state index contributed by atoms with van der Waals surface area (Å²) in [6.45, 7) is 5.28. The Labute approximate surface area is 171 Å². The van der Waals surface area contributed by atoms with Crippen molar-refractivity contribution in [1.29, 1.82) is 0 Å². The number of nitrogens with zero attached hydrogens (tertiary/aromatic N) is 1. The summed E-state index contributed by atoms with van der Waals surface area (Å²) in [6, 6.07) is 9.11. The summed E-state index contributed by atoms with van der Waals surface area (Å²) in [5, 5.41) is 6.19. The summed E-state index contributed by atoms with van der Waals surface area (Å²) >= 11 is 1.30. The van der Waals surface area contributed by atoms with Crippen LogP contribution in [0.4, 0.5) is 13.2 Å². The number of piperazine rings is 1. The molecule has 1 fully saturated rings. The molecule has 0 radical (unpaired) electrons. The molecule has 2 heterocycles. The van der Waals surface area contributed by atoms with Gasteiger partial charge in [0.25, 0.3) is 5.91 Å². The van der Waals surface area contributed by atoms with E-state index in [2.05, 4.69) is 20.3 Å². The Kier molecular flexibility index (Phi) is 8.11. The molecule has 154 valence electrons. The Bertz CT molecular complexity index is 762. The summed E-state index contributed by atoms with van der Waals surface area (Å²) in [4.78, 5) is 15.9. The normalized spacial score (nSPS) is 15.0. The quantitative estimate of drug-likeness (QED) is 0.730. The van der Waals surface area contributed by atoms with E-state index in [0.29, 0.717) is 11.4 Å². The number of alkyl halides is 3. The zero-order chi connectivity index (χ0) is 19.3. The molecule has 0 saturated carbocycles. The number of carbonyl (C=O) groups excluding carboxylic acids is 1. The first-order valence-electron chi connectivity index (χ1n) is 8.58. The van der Waals surface area contributed by atoms with Crippen molar-refractivity contribution < 1.29 is 22.7 Å². The number of hydrogen-bond donors (Lipinski definition) is 2. The van der Waals surface area contributed by atoms with E-state index in [1.54, 1.807) is 24.3 Å². The molecule has 1 aromatic heterocycles. The Morgan fingerprint density at radius 3 is 2.46 bits per heavy atom. The smallest absolute Gasteiger partial charge is 0.406 e. The molecule has 1 amide bonds. The van der Waals surface area contributed by atoms with Crippen LogP contribution in [0.3, 0.4) is 0 Å². The first-order valence-corrected chi connectivity index (χ1v) is 9.40. The lowest BCUT2D eigenvalue weighted by molar-refractivity contribution is -0.274. The molecule has 2 N–H and O–H groups in total. The highest BCUT2D eigenvalue weighted by Gasteiger charge is 2.31. The molecule has 0 unspecified atom stereocenters. The van der Waals surface area contributed by atoms with E-state index < -0.39 is 6.36 Å². The lowest BCUT2D eigenvalue weighted by Crippen LogP contribution is -2.46. The molecule has 1 aliphatic rings. The average Bonchev–Trinajstić information content (AvgIpc) is 3.12. The highest BCUT2D eigenvalue weighted by Crippen LogP contribution is 2.30. The zero-order valence-electron chi connectivity index (χ0n) is 14.9. The first kappa shape index (κ1) is 22.5. The SMILES string of the molecule is Cl.O=C(NCCN1CCNCC1)c1ccc(-c2ccc(OC(F)(F)F)cc2)s1. The van der Waals surface area contributed by atoms with Gasteiger partial charge in [-0.2, -0.15) is 0 Å². The molecule has 5 nitrogen and oxygen atoms in total. The maximum Gasteiger partial charge on any atom is 0.573 e. The molecule has 0 aliphatic carbocycles. The fourth-order valence-corrected chi connectivity index (χ4v) is 3.71. The topological polar surface area (TPSA) is 53.6 Å². The largest absolute Gasteiger partial charge is 0.573 e. The van der Waals surface area contributed by atoms with Crippen LogP contribution in [0.25, 0.3) is 10.4 Å². The number of nitrogens with one attached hydrogen (secondary N) is 2. The fourth-order valence-electron chi connectivity index (χ4n) is 2.79. The minimum atomic E-state index is -4.71. The Morgan fingerprint density at radius 1 is 1.14 bits per heavy atom.